The average molecular weight is 834 g/mol. The SMILES string of the molecule is C/C=C\C(=C/C)Nc1ccc(-c2ccccc2)cc1.C=C/C(=C\CC)N1/C=C\C=C/C(=C)c2ccc3c(c21)C(C=C/C=C\CCC)(c1ccccc1)C1=C3C=C=C1.CC.CC.CN. The lowest BCUT2D eigenvalue weighted by atomic mass is 9.70. The van der Waals surface area contributed by atoms with Gasteiger partial charge in [0.15, 0.2) is 0 Å². The number of fused-ring (bicyclic) bond motifs is 4. The van der Waals surface area contributed by atoms with Gasteiger partial charge in [0.25, 0.3) is 0 Å². The molecule has 0 saturated carbocycles. The summed E-state index contributed by atoms with van der Waals surface area (Å²) in [5.41, 5.74) is 22.7. The Morgan fingerprint density at radius 3 is 2.06 bits per heavy atom. The van der Waals surface area contributed by atoms with Crippen LogP contribution in [0, 0.1) is 0 Å². The normalized spacial score (nSPS) is 16.9. The van der Waals surface area contributed by atoms with Gasteiger partial charge in [-0.3, -0.25) is 0 Å². The van der Waals surface area contributed by atoms with E-state index in [9.17, 15) is 0 Å². The van der Waals surface area contributed by atoms with Crippen molar-refractivity contribution in [2.24, 2.45) is 5.73 Å². The minimum absolute atomic E-state index is 0.485. The molecule has 1 aliphatic heterocycles. The molecule has 0 aromatic heterocycles. The predicted molar refractivity (Wildman–Crippen MR) is 282 cm³/mol. The van der Waals surface area contributed by atoms with Gasteiger partial charge >= 0.3 is 0 Å². The Labute approximate surface area is 381 Å². The van der Waals surface area contributed by atoms with E-state index >= 15 is 0 Å². The van der Waals surface area contributed by atoms with Gasteiger partial charge in [0.2, 0.25) is 0 Å². The number of hydrogen-bond acceptors (Lipinski definition) is 3. The van der Waals surface area contributed by atoms with Crippen LogP contribution in [0.2, 0.25) is 0 Å². The van der Waals surface area contributed by atoms with E-state index in [-0.39, 0.29) is 0 Å². The van der Waals surface area contributed by atoms with Gasteiger partial charge in [0.1, 0.15) is 0 Å². The zero-order valence-electron chi connectivity index (χ0n) is 39.5. The lowest BCUT2D eigenvalue weighted by Crippen LogP contribution is -2.29. The van der Waals surface area contributed by atoms with Crippen LogP contribution in [-0.4, -0.2) is 7.05 Å². The fourth-order valence-corrected chi connectivity index (χ4v) is 7.69. The molecule has 3 heteroatoms. The van der Waals surface area contributed by atoms with Crippen LogP contribution in [0.4, 0.5) is 11.4 Å². The Hall–Kier alpha value is -6.64. The summed E-state index contributed by atoms with van der Waals surface area (Å²) in [7, 11) is 1.50. The van der Waals surface area contributed by atoms with Crippen LogP contribution < -0.4 is 16.0 Å². The second-order valence-electron chi connectivity index (χ2n) is 14.1. The smallest absolute Gasteiger partial charge is 0.0674 e. The lowest BCUT2D eigenvalue weighted by Gasteiger charge is -2.36. The summed E-state index contributed by atoms with van der Waals surface area (Å²) in [6.45, 7) is 25.1. The summed E-state index contributed by atoms with van der Waals surface area (Å²) >= 11 is 0. The molecule has 0 fully saturated rings. The van der Waals surface area contributed by atoms with E-state index in [0.717, 1.165) is 53.2 Å². The summed E-state index contributed by atoms with van der Waals surface area (Å²) in [6, 6.07) is 34.3. The molecule has 326 valence electrons. The van der Waals surface area contributed by atoms with E-state index in [1.807, 2.05) is 59.8 Å². The van der Waals surface area contributed by atoms with Crippen molar-refractivity contribution < 1.29 is 0 Å². The zero-order chi connectivity index (χ0) is 46.0. The van der Waals surface area contributed by atoms with E-state index in [2.05, 4.69) is 219 Å². The van der Waals surface area contributed by atoms with Crippen molar-refractivity contribution in [3.05, 3.63) is 246 Å². The van der Waals surface area contributed by atoms with Crippen molar-refractivity contribution in [1.82, 2.24) is 0 Å². The third-order valence-electron chi connectivity index (χ3n) is 10.4. The maximum Gasteiger partial charge on any atom is 0.0674 e. The van der Waals surface area contributed by atoms with E-state index in [0.29, 0.717) is 0 Å². The standard InChI is InChI=1S/C37H35N.C18H19N.2C2H6.CH5N/c1-5-8-9-10-15-26-37(29-20-12-11-13-21-29)34-23-17-22-32(34)33-25-24-31-28(4)19-14-16-27-38(36(31)35(33)37)30(7-3)18-6-2;1-3-8-17(4-2)19-18-13-11-16(12-14-18)15-9-6-5-7-10-15;3*1-2/h7,9-16,18-27H,3-6,8H2,1-2H3;3-14,19H,1-2H3;2*1-2H3;2H2,1H3/b10-9-,19-14-,26-15?,27-16-,30-18+;8-3-,17-4+;;;. The molecule has 3 nitrogen and oxygen atoms in total. The zero-order valence-corrected chi connectivity index (χ0v) is 39.5. The molecule has 0 saturated heterocycles. The highest BCUT2D eigenvalue weighted by Gasteiger charge is 2.47. The minimum atomic E-state index is -0.485. The number of rotatable bonds is 12. The first-order valence-corrected chi connectivity index (χ1v) is 22.7. The van der Waals surface area contributed by atoms with Gasteiger partial charge < -0.3 is 16.0 Å². The van der Waals surface area contributed by atoms with Crippen LogP contribution in [0.25, 0.3) is 22.3 Å². The largest absolute Gasteiger partial charge is 0.356 e. The van der Waals surface area contributed by atoms with Gasteiger partial charge in [0.05, 0.1) is 11.1 Å². The number of benzene rings is 4. The minimum Gasteiger partial charge on any atom is -0.356 e. The predicted octanol–water partition coefficient (Wildman–Crippen LogP) is 16.6. The maximum absolute atomic E-state index is 4.50. The first kappa shape index (κ1) is 50.7. The van der Waals surface area contributed by atoms with Crippen molar-refractivity contribution in [2.45, 2.75) is 80.1 Å². The molecular weight excluding hydrogens is 763 g/mol. The third kappa shape index (κ3) is 12.3. The molecule has 1 atom stereocenters. The molecule has 4 aromatic rings. The Morgan fingerprint density at radius 1 is 0.794 bits per heavy atom. The van der Waals surface area contributed by atoms with Crippen LogP contribution >= 0.6 is 0 Å². The molecule has 2 aliphatic carbocycles. The number of nitrogens with two attached hydrogens (primary N) is 1. The van der Waals surface area contributed by atoms with Gasteiger partial charge in [-0.25, -0.2) is 0 Å². The Kier molecular flexibility index (Phi) is 22.0. The van der Waals surface area contributed by atoms with Gasteiger partial charge in [-0.1, -0.05) is 201 Å². The number of unbranched alkanes of at least 4 members (excludes halogenated alkanes) is 1. The second kappa shape index (κ2) is 27.3. The van der Waals surface area contributed by atoms with Gasteiger partial charge in [-0.15, -0.1) is 5.73 Å². The van der Waals surface area contributed by atoms with Gasteiger partial charge in [-0.05, 0) is 115 Å². The molecular formula is C60H71N3. The van der Waals surface area contributed by atoms with Crippen LogP contribution in [0.15, 0.2) is 224 Å². The Morgan fingerprint density at radius 2 is 1.44 bits per heavy atom. The molecule has 3 N–H and O–H groups in total. The highest BCUT2D eigenvalue weighted by molar-refractivity contribution is 5.99. The monoisotopic (exact) mass is 834 g/mol. The Bertz CT molecular complexity index is 2390. The van der Waals surface area contributed by atoms with Crippen LogP contribution in [0.5, 0.6) is 0 Å². The second-order valence-corrected chi connectivity index (χ2v) is 14.1. The maximum atomic E-state index is 4.50. The Balaban J connectivity index is 0.000000355. The van der Waals surface area contributed by atoms with E-state index in [4.69, 9.17) is 0 Å². The van der Waals surface area contributed by atoms with Crippen LogP contribution in [-0.2, 0) is 5.41 Å². The number of nitrogens with one attached hydrogen (secondary N) is 1. The van der Waals surface area contributed by atoms with Crippen molar-refractivity contribution in [3.8, 4) is 11.1 Å². The average Bonchev–Trinajstić information content (AvgIpc) is 3.94. The molecule has 1 unspecified atom stereocenters. The summed E-state index contributed by atoms with van der Waals surface area (Å²) in [5, 5.41) is 3.38. The third-order valence-corrected chi connectivity index (χ3v) is 10.4. The number of nitrogens with zero attached hydrogens (tertiary/aromatic N) is 1. The van der Waals surface area contributed by atoms with Gasteiger partial charge in [-0.2, -0.15) is 0 Å². The molecule has 0 radical (unpaired) electrons. The number of hydrogen-bond donors (Lipinski definition) is 2. The van der Waals surface area contributed by atoms with Gasteiger partial charge in [0, 0.05) is 34.4 Å². The fraction of sp³-hybridized carbons (Fsp3) is 0.217. The molecule has 0 bridgehead atoms. The van der Waals surface area contributed by atoms with Crippen LogP contribution in [0.1, 0.15) is 96.9 Å². The quantitative estimate of drug-likeness (QED) is 0.110. The summed E-state index contributed by atoms with van der Waals surface area (Å²) in [6.07, 6.45) is 35.2. The molecule has 0 spiro atoms. The molecule has 7 rings (SSSR count). The summed E-state index contributed by atoms with van der Waals surface area (Å²) in [5.74, 6) is 0. The molecule has 63 heavy (non-hydrogen) atoms. The van der Waals surface area contributed by atoms with E-state index < -0.39 is 5.41 Å². The van der Waals surface area contributed by atoms with Crippen molar-refractivity contribution in [3.63, 3.8) is 0 Å². The molecule has 3 aliphatic rings. The van der Waals surface area contributed by atoms with E-state index in [1.165, 1.54) is 46.0 Å². The first-order valence-electron chi connectivity index (χ1n) is 22.7. The van der Waals surface area contributed by atoms with E-state index in [1.54, 1.807) is 0 Å². The highest BCUT2D eigenvalue weighted by atomic mass is 15.1. The van der Waals surface area contributed by atoms with Crippen molar-refractivity contribution in [2.75, 3.05) is 17.3 Å². The molecule has 0 amide bonds. The molecule has 4 aromatic carbocycles. The first-order chi connectivity index (χ1) is 31.0. The highest BCUT2D eigenvalue weighted by Crippen LogP contribution is 2.58. The number of allylic oxidation sites excluding steroid dienone is 16. The van der Waals surface area contributed by atoms with Crippen LogP contribution in [0.3, 0.4) is 0 Å². The topological polar surface area (TPSA) is 41.3 Å². The number of anilines is 2. The summed E-state index contributed by atoms with van der Waals surface area (Å²) < 4.78 is 0. The molecule has 1 heterocycles. The lowest BCUT2D eigenvalue weighted by molar-refractivity contribution is 0.794. The fourth-order valence-electron chi connectivity index (χ4n) is 7.69. The summed E-state index contributed by atoms with van der Waals surface area (Å²) in [4.78, 5) is 2.30. The van der Waals surface area contributed by atoms with Crippen molar-refractivity contribution in [1.29, 1.82) is 0 Å². The van der Waals surface area contributed by atoms with Crippen molar-refractivity contribution >= 4 is 22.5 Å².